The van der Waals surface area contributed by atoms with Crippen molar-refractivity contribution < 1.29 is 13.2 Å². The summed E-state index contributed by atoms with van der Waals surface area (Å²) in [6.45, 7) is 3.80. The topological polar surface area (TPSA) is 50.7 Å². The molecule has 5 heterocycles. The molecule has 0 bridgehead atoms. The van der Waals surface area contributed by atoms with Crippen molar-refractivity contribution in [3.63, 3.8) is 0 Å². The minimum atomic E-state index is -2.71. The van der Waals surface area contributed by atoms with Crippen LogP contribution < -0.4 is 0 Å². The molecule has 30 heavy (non-hydrogen) atoms. The van der Waals surface area contributed by atoms with E-state index < -0.39 is 12.2 Å². The molecule has 1 aliphatic heterocycles. The number of likely N-dealkylation sites (tertiary alicyclic amines) is 1. The van der Waals surface area contributed by atoms with Gasteiger partial charge in [-0.25, -0.2) is 27.7 Å². The summed E-state index contributed by atoms with van der Waals surface area (Å²) in [5.74, 6) is 1.05. The van der Waals surface area contributed by atoms with Gasteiger partial charge >= 0.3 is 0 Å². The lowest BCUT2D eigenvalue weighted by molar-refractivity contribution is 0.152. The van der Waals surface area contributed by atoms with E-state index in [0.717, 1.165) is 18.8 Å². The maximum Gasteiger partial charge on any atom is 0.267 e. The molecule has 4 aromatic rings. The Morgan fingerprint density at radius 2 is 1.80 bits per heavy atom. The lowest BCUT2D eigenvalue weighted by atomic mass is 10.1. The van der Waals surface area contributed by atoms with Crippen molar-refractivity contribution in [1.29, 1.82) is 0 Å². The number of pyridine rings is 1. The summed E-state index contributed by atoms with van der Waals surface area (Å²) in [5, 5.41) is 4.38. The summed E-state index contributed by atoms with van der Waals surface area (Å²) < 4.78 is 45.0. The fourth-order valence-electron chi connectivity index (χ4n) is 4.97. The third kappa shape index (κ3) is 2.57. The second-order valence-electron chi connectivity index (χ2n) is 8.48. The molecule has 0 aromatic carbocycles. The Hall–Kier alpha value is -2.94. The van der Waals surface area contributed by atoms with Crippen molar-refractivity contribution in [3.05, 3.63) is 53.5 Å². The average Bonchev–Trinajstić information content (AvgIpc) is 3.07. The third-order valence-corrected chi connectivity index (χ3v) is 6.35. The van der Waals surface area contributed by atoms with Gasteiger partial charge < -0.3 is 9.30 Å². The Labute approximate surface area is 170 Å². The lowest BCUT2D eigenvalue weighted by Crippen LogP contribution is -2.18. The quantitative estimate of drug-likeness (QED) is 0.515. The first-order valence-corrected chi connectivity index (χ1v) is 9.91. The first kappa shape index (κ1) is 17.9. The van der Waals surface area contributed by atoms with Crippen LogP contribution in [0.2, 0.25) is 0 Å². The van der Waals surface area contributed by atoms with Crippen molar-refractivity contribution in [2.75, 3.05) is 20.1 Å². The number of rotatable bonds is 3. The van der Waals surface area contributed by atoms with Gasteiger partial charge in [-0.1, -0.05) is 0 Å². The Morgan fingerprint density at radius 1 is 1.03 bits per heavy atom. The van der Waals surface area contributed by atoms with Crippen molar-refractivity contribution in [3.8, 4) is 11.3 Å². The van der Waals surface area contributed by atoms with Crippen LogP contribution in [-0.4, -0.2) is 49.0 Å². The van der Waals surface area contributed by atoms with Gasteiger partial charge in [0, 0.05) is 37.0 Å². The number of fused-ring (bicyclic) bond motifs is 3. The molecule has 4 aromatic heterocycles. The zero-order valence-electron chi connectivity index (χ0n) is 16.4. The van der Waals surface area contributed by atoms with Crippen LogP contribution in [0.1, 0.15) is 29.3 Å². The van der Waals surface area contributed by atoms with Crippen molar-refractivity contribution >= 4 is 11.3 Å². The molecule has 154 valence electrons. The summed E-state index contributed by atoms with van der Waals surface area (Å²) in [7, 11) is 2.11. The van der Waals surface area contributed by atoms with Crippen LogP contribution in [0.4, 0.5) is 13.2 Å². The van der Waals surface area contributed by atoms with E-state index in [1.165, 1.54) is 16.6 Å². The van der Waals surface area contributed by atoms with Crippen LogP contribution in [0, 0.1) is 24.6 Å². The fraction of sp³-hybridized carbons (Fsp3) is 0.381. The number of hydrogen-bond acceptors (Lipinski definition) is 4. The predicted molar refractivity (Wildman–Crippen MR) is 104 cm³/mol. The largest absolute Gasteiger partial charge is 0.306 e. The van der Waals surface area contributed by atoms with Crippen LogP contribution in [0.25, 0.3) is 22.6 Å². The molecule has 1 saturated heterocycles. The molecule has 6 nitrogen and oxygen atoms in total. The minimum Gasteiger partial charge on any atom is -0.306 e. The summed E-state index contributed by atoms with van der Waals surface area (Å²) in [4.78, 5) is 11.0. The van der Waals surface area contributed by atoms with Crippen molar-refractivity contribution in [1.82, 2.24) is 28.9 Å². The van der Waals surface area contributed by atoms with E-state index in [1.807, 2.05) is 6.20 Å². The standard InChI is InChI=1S/C21H19F3N6/c1-10-5-30-20(25-10)12(19(23)24)4-16(27-30)11-3-15(22)21-26-17(9-29(21)6-11)18-13-7-28(2)8-14(13)18/h3-6,9,13-14,18-19H,7-8H2,1-2H3/t13-,14+,18?. The minimum absolute atomic E-state index is 0.114. The highest BCUT2D eigenvalue weighted by Gasteiger charge is 2.56. The Morgan fingerprint density at radius 3 is 2.53 bits per heavy atom. The van der Waals surface area contributed by atoms with Gasteiger partial charge in [0.05, 0.1) is 28.8 Å². The summed E-state index contributed by atoms with van der Waals surface area (Å²) >= 11 is 0. The molecule has 0 N–H and O–H groups in total. The molecule has 0 radical (unpaired) electrons. The first-order valence-electron chi connectivity index (χ1n) is 9.91. The first-order chi connectivity index (χ1) is 14.4. The van der Waals surface area contributed by atoms with Gasteiger partial charge in [0.2, 0.25) is 0 Å². The number of nitrogens with zero attached hydrogens (tertiary/aromatic N) is 6. The van der Waals surface area contributed by atoms with Crippen LogP contribution in [0.3, 0.4) is 0 Å². The van der Waals surface area contributed by atoms with E-state index >= 15 is 0 Å². The van der Waals surface area contributed by atoms with E-state index in [2.05, 4.69) is 27.0 Å². The normalized spacial score (nSPS) is 23.7. The zero-order valence-corrected chi connectivity index (χ0v) is 16.4. The van der Waals surface area contributed by atoms with Gasteiger partial charge in [0.15, 0.2) is 17.1 Å². The van der Waals surface area contributed by atoms with Crippen molar-refractivity contribution in [2.45, 2.75) is 19.3 Å². The SMILES string of the molecule is Cc1cn2nc(-c3cc(F)c4nc(C5[C@H]6CN(C)C[C@@H]56)cn4c3)cc(C(F)F)c2n1. The predicted octanol–water partition coefficient (Wildman–Crippen LogP) is 3.70. The number of aromatic nitrogens is 5. The molecular weight excluding hydrogens is 393 g/mol. The van der Waals surface area contributed by atoms with E-state index in [-0.39, 0.29) is 22.6 Å². The molecular formula is C21H19F3N6. The maximum atomic E-state index is 14.9. The highest BCUT2D eigenvalue weighted by Crippen LogP contribution is 2.57. The second kappa shape index (κ2) is 6.04. The summed E-state index contributed by atoms with van der Waals surface area (Å²) in [5.41, 5.74) is 2.30. The highest BCUT2D eigenvalue weighted by molar-refractivity contribution is 5.65. The lowest BCUT2D eigenvalue weighted by Gasteiger charge is -2.11. The monoisotopic (exact) mass is 412 g/mol. The number of halogens is 3. The van der Waals surface area contributed by atoms with Gasteiger partial charge in [0.25, 0.3) is 6.43 Å². The van der Waals surface area contributed by atoms with Crippen LogP contribution in [-0.2, 0) is 0 Å². The van der Waals surface area contributed by atoms with Crippen LogP contribution >= 0.6 is 0 Å². The number of hydrogen-bond donors (Lipinski definition) is 0. The number of piperidine rings is 1. The number of imidazole rings is 2. The molecule has 1 unspecified atom stereocenters. The average molecular weight is 412 g/mol. The van der Waals surface area contributed by atoms with Crippen molar-refractivity contribution in [2.24, 2.45) is 11.8 Å². The number of alkyl halides is 2. The molecule has 1 aliphatic carbocycles. The fourth-order valence-corrected chi connectivity index (χ4v) is 4.97. The molecule has 0 amide bonds. The van der Waals surface area contributed by atoms with E-state index in [0.29, 0.717) is 29.0 Å². The molecule has 9 heteroatoms. The van der Waals surface area contributed by atoms with Gasteiger partial charge in [-0.2, -0.15) is 5.10 Å². The third-order valence-electron chi connectivity index (χ3n) is 6.35. The smallest absolute Gasteiger partial charge is 0.267 e. The molecule has 2 fully saturated rings. The molecule has 6 rings (SSSR count). The van der Waals surface area contributed by atoms with Crippen LogP contribution in [0.5, 0.6) is 0 Å². The molecule has 1 saturated carbocycles. The van der Waals surface area contributed by atoms with E-state index in [4.69, 9.17) is 0 Å². The number of aryl methyl sites for hydroxylation is 1. The summed E-state index contributed by atoms with van der Waals surface area (Å²) in [6, 6.07) is 2.59. The van der Waals surface area contributed by atoms with E-state index in [1.54, 1.807) is 23.7 Å². The van der Waals surface area contributed by atoms with Crippen LogP contribution in [0.15, 0.2) is 30.7 Å². The summed E-state index contributed by atoms with van der Waals surface area (Å²) in [6.07, 6.45) is 2.43. The zero-order chi connectivity index (χ0) is 20.7. The van der Waals surface area contributed by atoms with E-state index in [9.17, 15) is 13.2 Å². The van der Waals surface area contributed by atoms with Gasteiger partial charge in [0.1, 0.15) is 0 Å². The van der Waals surface area contributed by atoms with Gasteiger partial charge in [-0.15, -0.1) is 0 Å². The Bertz CT molecular complexity index is 1300. The Balaban J connectivity index is 1.44. The van der Waals surface area contributed by atoms with Gasteiger partial charge in [-0.05, 0) is 37.9 Å². The van der Waals surface area contributed by atoms with Gasteiger partial charge in [-0.3, -0.25) is 0 Å². The highest BCUT2D eigenvalue weighted by atomic mass is 19.3. The maximum absolute atomic E-state index is 14.9. The molecule has 0 spiro atoms. The molecule has 3 atom stereocenters. The Kier molecular flexibility index (Phi) is 3.60. The second-order valence-corrected chi connectivity index (χ2v) is 8.48. The molecule has 2 aliphatic rings.